The molecule has 0 aliphatic heterocycles. The lowest BCUT2D eigenvalue weighted by Crippen LogP contribution is -2.59. The van der Waals surface area contributed by atoms with Crippen LogP contribution in [-0.4, -0.2) is 41.2 Å². The molecule has 0 spiro atoms. The second-order valence-corrected chi connectivity index (χ2v) is 5.53. The lowest BCUT2D eigenvalue weighted by atomic mass is 10.5. The Balaban J connectivity index is 4.18. The molecule has 0 aromatic heterocycles. The molecule has 15 heavy (non-hydrogen) atoms. The Hall–Kier alpha value is 0.347. The van der Waals surface area contributed by atoms with Crippen molar-refractivity contribution in [2.24, 2.45) is 0 Å². The summed E-state index contributed by atoms with van der Waals surface area (Å²) in [7, 11) is -2.64. The van der Waals surface area contributed by atoms with Crippen molar-refractivity contribution in [2.45, 2.75) is 27.2 Å². The van der Waals surface area contributed by atoms with Crippen LogP contribution in [0.3, 0.4) is 0 Å². The predicted octanol–water partition coefficient (Wildman–Crippen LogP) is 1.75. The Kier molecular flexibility index (Phi) is 9.79. The molecule has 92 valence electrons. The Bertz CT molecular complexity index is 134. The fourth-order valence-corrected chi connectivity index (χ4v) is 3.47. The van der Waals surface area contributed by atoms with Gasteiger partial charge < -0.3 is 13.3 Å². The first kappa shape index (κ1) is 15.3. The SMILES string of the molecule is CCO[Si](NCCCCl)(OCC)OCC. The van der Waals surface area contributed by atoms with E-state index in [1.807, 2.05) is 20.8 Å². The minimum atomic E-state index is -2.64. The van der Waals surface area contributed by atoms with Crippen LogP contribution in [0.4, 0.5) is 0 Å². The molecule has 6 heteroatoms. The van der Waals surface area contributed by atoms with E-state index in [2.05, 4.69) is 4.98 Å². The number of alkyl halides is 1. The van der Waals surface area contributed by atoms with Crippen LogP contribution in [-0.2, 0) is 13.3 Å². The van der Waals surface area contributed by atoms with E-state index in [0.29, 0.717) is 25.7 Å². The molecular weight excluding hydrogens is 234 g/mol. The number of halogens is 1. The molecule has 1 N–H and O–H groups in total. The van der Waals surface area contributed by atoms with Gasteiger partial charge in [0.2, 0.25) is 0 Å². The van der Waals surface area contributed by atoms with Crippen molar-refractivity contribution in [2.75, 3.05) is 32.2 Å². The summed E-state index contributed by atoms with van der Waals surface area (Å²) in [6.45, 7) is 8.31. The highest BCUT2D eigenvalue weighted by Crippen LogP contribution is 2.06. The van der Waals surface area contributed by atoms with Gasteiger partial charge in [0, 0.05) is 25.7 Å². The van der Waals surface area contributed by atoms with Gasteiger partial charge >= 0.3 is 8.97 Å². The molecule has 0 radical (unpaired) electrons. The Morgan fingerprint density at radius 1 is 1.00 bits per heavy atom. The van der Waals surface area contributed by atoms with Gasteiger partial charge in [-0.2, -0.15) is 0 Å². The molecule has 0 aromatic carbocycles. The summed E-state index contributed by atoms with van der Waals surface area (Å²) in [6, 6.07) is 0. The van der Waals surface area contributed by atoms with E-state index in [0.717, 1.165) is 13.0 Å². The minimum Gasteiger partial charge on any atom is -0.361 e. The van der Waals surface area contributed by atoms with Gasteiger partial charge in [0.05, 0.1) is 0 Å². The lowest BCUT2D eigenvalue weighted by molar-refractivity contribution is 0.0600. The summed E-state index contributed by atoms with van der Waals surface area (Å²) in [5.74, 6) is 0.627. The molecule has 4 nitrogen and oxygen atoms in total. The second kappa shape index (κ2) is 9.56. The third kappa shape index (κ3) is 6.50. The quantitative estimate of drug-likeness (QED) is 0.367. The largest absolute Gasteiger partial charge is 0.596 e. The average molecular weight is 256 g/mol. The Morgan fingerprint density at radius 2 is 1.47 bits per heavy atom. The summed E-state index contributed by atoms with van der Waals surface area (Å²) < 4.78 is 16.8. The zero-order valence-electron chi connectivity index (χ0n) is 9.85. The molecule has 0 aliphatic rings. The first-order valence-electron chi connectivity index (χ1n) is 5.47. The third-order valence-corrected chi connectivity index (χ3v) is 4.61. The van der Waals surface area contributed by atoms with Crippen LogP contribution >= 0.6 is 11.6 Å². The van der Waals surface area contributed by atoms with Crippen LogP contribution < -0.4 is 4.98 Å². The predicted molar refractivity (Wildman–Crippen MR) is 64.0 cm³/mol. The molecule has 0 heterocycles. The fraction of sp³-hybridized carbons (Fsp3) is 1.00. The molecule has 0 rings (SSSR count). The molecule has 0 aromatic rings. The molecule has 0 saturated carbocycles. The summed E-state index contributed by atoms with van der Waals surface area (Å²) in [4.78, 5) is 3.22. The normalized spacial score (nSPS) is 12.0. The van der Waals surface area contributed by atoms with Gasteiger partial charge in [0.1, 0.15) is 0 Å². The standard InChI is InChI=1S/C9H22ClNO3Si/c1-4-12-15(13-5-2,14-6-3)11-9-7-8-10/h11H,4-9H2,1-3H3. The Morgan fingerprint density at radius 3 is 1.80 bits per heavy atom. The molecule has 0 unspecified atom stereocenters. The Labute approximate surface area is 98.7 Å². The van der Waals surface area contributed by atoms with Crippen LogP contribution in [0.15, 0.2) is 0 Å². The van der Waals surface area contributed by atoms with Gasteiger partial charge in [0.25, 0.3) is 0 Å². The third-order valence-electron chi connectivity index (χ3n) is 1.65. The van der Waals surface area contributed by atoms with Crippen molar-refractivity contribution in [3.8, 4) is 0 Å². The smallest absolute Gasteiger partial charge is 0.361 e. The van der Waals surface area contributed by atoms with E-state index in [-0.39, 0.29) is 0 Å². The highest BCUT2D eigenvalue weighted by molar-refractivity contribution is 6.57. The topological polar surface area (TPSA) is 39.7 Å². The van der Waals surface area contributed by atoms with Crippen molar-refractivity contribution >= 4 is 20.6 Å². The van der Waals surface area contributed by atoms with Gasteiger partial charge in [0.15, 0.2) is 0 Å². The van der Waals surface area contributed by atoms with Crippen molar-refractivity contribution in [3.05, 3.63) is 0 Å². The molecular formula is C9H22ClNO3Si. The molecule has 0 amide bonds. The van der Waals surface area contributed by atoms with E-state index in [4.69, 9.17) is 24.9 Å². The number of hydrogen-bond acceptors (Lipinski definition) is 4. The van der Waals surface area contributed by atoms with E-state index >= 15 is 0 Å². The van der Waals surface area contributed by atoms with E-state index in [9.17, 15) is 0 Å². The van der Waals surface area contributed by atoms with Crippen LogP contribution in [0.25, 0.3) is 0 Å². The molecule has 0 aliphatic carbocycles. The van der Waals surface area contributed by atoms with Gasteiger partial charge in [-0.1, -0.05) is 0 Å². The highest BCUT2D eigenvalue weighted by Gasteiger charge is 2.40. The lowest BCUT2D eigenvalue weighted by Gasteiger charge is -2.28. The summed E-state index contributed by atoms with van der Waals surface area (Å²) in [6.07, 6.45) is 0.879. The van der Waals surface area contributed by atoms with Gasteiger partial charge in [-0.15, -0.1) is 11.6 Å². The van der Waals surface area contributed by atoms with Gasteiger partial charge in [-0.05, 0) is 33.7 Å². The van der Waals surface area contributed by atoms with Crippen molar-refractivity contribution < 1.29 is 13.3 Å². The van der Waals surface area contributed by atoms with Crippen molar-refractivity contribution in [3.63, 3.8) is 0 Å². The number of hydrogen-bond donors (Lipinski definition) is 1. The van der Waals surface area contributed by atoms with E-state index in [1.165, 1.54) is 0 Å². The van der Waals surface area contributed by atoms with E-state index in [1.54, 1.807) is 0 Å². The zero-order valence-corrected chi connectivity index (χ0v) is 11.6. The van der Waals surface area contributed by atoms with Crippen molar-refractivity contribution in [1.82, 2.24) is 4.98 Å². The fourth-order valence-electron chi connectivity index (χ4n) is 1.16. The van der Waals surface area contributed by atoms with Gasteiger partial charge in [-0.3, -0.25) is 4.98 Å². The zero-order chi connectivity index (χ0) is 11.6. The number of nitrogens with one attached hydrogen (secondary N) is 1. The maximum atomic E-state index is 5.61. The average Bonchev–Trinajstić information content (AvgIpc) is 2.19. The van der Waals surface area contributed by atoms with Crippen LogP contribution in [0.1, 0.15) is 27.2 Å². The van der Waals surface area contributed by atoms with Crippen LogP contribution in [0.2, 0.25) is 0 Å². The summed E-state index contributed by atoms with van der Waals surface area (Å²) in [5.41, 5.74) is 0. The second-order valence-electron chi connectivity index (χ2n) is 2.82. The van der Waals surface area contributed by atoms with Crippen molar-refractivity contribution in [1.29, 1.82) is 0 Å². The summed E-state index contributed by atoms with van der Waals surface area (Å²) >= 11 is 5.61. The van der Waals surface area contributed by atoms with Gasteiger partial charge in [-0.25, -0.2) is 0 Å². The number of rotatable bonds is 10. The first-order valence-corrected chi connectivity index (χ1v) is 7.73. The molecule has 0 atom stereocenters. The maximum absolute atomic E-state index is 5.61. The first-order chi connectivity index (χ1) is 7.24. The maximum Gasteiger partial charge on any atom is 0.596 e. The monoisotopic (exact) mass is 255 g/mol. The minimum absolute atomic E-state index is 0.583. The molecule has 0 fully saturated rings. The van der Waals surface area contributed by atoms with Crippen LogP contribution in [0.5, 0.6) is 0 Å². The summed E-state index contributed by atoms with van der Waals surface area (Å²) in [5, 5.41) is 0. The highest BCUT2D eigenvalue weighted by atomic mass is 35.5. The molecule has 0 bridgehead atoms. The van der Waals surface area contributed by atoms with Crippen LogP contribution in [0, 0.1) is 0 Å². The molecule has 0 saturated heterocycles. The van der Waals surface area contributed by atoms with E-state index < -0.39 is 8.97 Å².